The first-order chi connectivity index (χ1) is 9.67. The van der Waals surface area contributed by atoms with Crippen LogP contribution in [0.15, 0.2) is 24.3 Å². The van der Waals surface area contributed by atoms with Crippen LogP contribution in [0.2, 0.25) is 0 Å². The molecule has 0 aliphatic carbocycles. The Kier molecular flexibility index (Phi) is 8.22. The van der Waals surface area contributed by atoms with Gasteiger partial charge in [-0.25, -0.2) is 0 Å². The molecule has 0 bridgehead atoms. The molecule has 0 amide bonds. The normalized spacial score (nSPS) is 12.7. The Bertz CT molecular complexity index is 374. The van der Waals surface area contributed by atoms with Crippen LogP contribution in [-0.4, -0.2) is 56.1 Å². The second-order valence-electron chi connectivity index (χ2n) is 4.74. The summed E-state index contributed by atoms with van der Waals surface area (Å²) >= 11 is 0. The van der Waals surface area contributed by atoms with Crippen LogP contribution in [0, 0.1) is 0 Å². The predicted molar refractivity (Wildman–Crippen MR) is 79.8 cm³/mol. The highest BCUT2D eigenvalue weighted by molar-refractivity contribution is 5.32. The molecule has 1 aromatic carbocycles. The molecule has 0 heterocycles. The zero-order chi connectivity index (χ0) is 14.8. The quantitative estimate of drug-likeness (QED) is 0.623. The second-order valence-corrected chi connectivity index (χ2v) is 4.74. The van der Waals surface area contributed by atoms with Gasteiger partial charge in [-0.3, -0.25) is 0 Å². The molecule has 0 saturated heterocycles. The fourth-order valence-electron chi connectivity index (χ4n) is 1.87. The van der Waals surface area contributed by atoms with Gasteiger partial charge < -0.3 is 25.2 Å². The van der Waals surface area contributed by atoms with Gasteiger partial charge in [-0.2, -0.15) is 0 Å². The summed E-state index contributed by atoms with van der Waals surface area (Å²) in [4.78, 5) is 2.03. The van der Waals surface area contributed by atoms with E-state index < -0.39 is 6.10 Å². The lowest BCUT2D eigenvalue weighted by Crippen LogP contribution is -2.35. The Balaban J connectivity index is 2.30. The van der Waals surface area contributed by atoms with Crippen LogP contribution < -0.4 is 10.5 Å². The molecule has 0 radical (unpaired) electrons. The summed E-state index contributed by atoms with van der Waals surface area (Å²) in [6.07, 6.45) is -0.535. The third kappa shape index (κ3) is 6.34. The van der Waals surface area contributed by atoms with Crippen LogP contribution in [-0.2, 0) is 11.3 Å². The number of hydrogen-bond acceptors (Lipinski definition) is 5. The number of para-hydroxylation sites is 1. The first-order valence-electron chi connectivity index (χ1n) is 7.02. The maximum atomic E-state index is 9.96. The van der Waals surface area contributed by atoms with Crippen LogP contribution >= 0.6 is 0 Å². The predicted octanol–water partition coefficient (Wildman–Crippen LogP) is 0.853. The SMILES string of the molecule is CCOCCN(C)CC(O)COc1ccccc1CN. The highest BCUT2D eigenvalue weighted by Crippen LogP contribution is 2.17. The van der Waals surface area contributed by atoms with Crippen molar-refractivity contribution in [1.29, 1.82) is 0 Å². The monoisotopic (exact) mass is 282 g/mol. The largest absolute Gasteiger partial charge is 0.491 e. The summed E-state index contributed by atoms with van der Waals surface area (Å²) in [6, 6.07) is 7.62. The number of rotatable bonds is 10. The summed E-state index contributed by atoms with van der Waals surface area (Å²) in [6.45, 7) is 5.40. The number of likely N-dealkylation sites (N-methyl/N-ethyl adjacent to an activating group) is 1. The van der Waals surface area contributed by atoms with E-state index in [1.54, 1.807) is 0 Å². The molecule has 1 atom stereocenters. The average Bonchev–Trinajstić information content (AvgIpc) is 2.45. The number of aliphatic hydroxyl groups excluding tert-OH is 1. The molecule has 0 spiro atoms. The molecule has 1 unspecified atom stereocenters. The van der Waals surface area contributed by atoms with Crippen molar-refractivity contribution in [1.82, 2.24) is 4.90 Å². The number of nitrogens with zero attached hydrogens (tertiary/aromatic N) is 1. The van der Waals surface area contributed by atoms with Gasteiger partial charge in [0, 0.05) is 31.8 Å². The topological polar surface area (TPSA) is 68.0 Å². The maximum Gasteiger partial charge on any atom is 0.123 e. The van der Waals surface area contributed by atoms with Crippen LogP contribution in [0.3, 0.4) is 0 Å². The van der Waals surface area contributed by atoms with E-state index in [4.69, 9.17) is 15.2 Å². The van der Waals surface area contributed by atoms with Crippen molar-refractivity contribution < 1.29 is 14.6 Å². The minimum absolute atomic E-state index is 0.260. The minimum Gasteiger partial charge on any atom is -0.491 e. The molecule has 3 N–H and O–H groups in total. The number of aliphatic hydroxyl groups is 1. The van der Waals surface area contributed by atoms with Gasteiger partial charge in [0.05, 0.1) is 6.61 Å². The van der Waals surface area contributed by atoms with Gasteiger partial charge in [-0.15, -0.1) is 0 Å². The molecule has 0 aliphatic heterocycles. The Morgan fingerprint density at radius 3 is 2.80 bits per heavy atom. The summed E-state index contributed by atoms with van der Waals surface area (Å²) in [5, 5.41) is 9.96. The molecule has 5 heteroatoms. The van der Waals surface area contributed by atoms with Crippen molar-refractivity contribution in [3.05, 3.63) is 29.8 Å². The van der Waals surface area contributed by atoms with E-state index in [0.29, 0.717) is 19.7 Å². The van der Waals surface area contributed by atoms with Crippen molar-refractivity contribution in [2.75, 3.05) is 40.0 Å². The van der Waals surface area contributed by atoms with Crippen LogP contribution in [0.25, 0.3) is 0 Å². The van der Waals surface area contributed by atoms with Gasteiger partial charge in [0.2, 0.25) is 0 Å². The molecule has 114 valence electrons. The van der Waals surface area contributed by atoms with Crippen molar-refractivity contribution in [2.45, 2.75) is 19.6 Å². The van der Waals surface area contributed by atoms with E-state index in [9.17, 15) is 5.11 Å². The number of benzene rings is 1. The summed E-state index contributed by atoms with van der Waals surface area (Å²) in [5.41, 5.74) is 6.59. The fraction of sp³-hybridized carbons (Fsp3) is 0.600. The van der Waals surface area contributed by atoms with Gasteiger partial charge in [-0.1, -0.05) is 18.2 Å². The summed E-state index contributed by atoms with van der Waals surface area (Å²) in [7, 11) is 1.95. The van der Waals surface area contributed by atoms with Crippen LogP contribution in [0.5, 0.6) is 5.75 Å². The first kappa shape index (κ1) is 16.9. The van der Waals surface area contributed by atoms with Crippen molar-refractivity contribution in [2.24, 2.45) is 5.73 Å². The lowest BCUT2D eigenvalue weighted by Gasteiger charge is -2.21. The molecular formula is C15H26N2O3. The molecule has 0 saturated carbocycles. The van der Waals surface area contributed by atoms with E-state index in [1.807, 2.05) is 43.1 Å². The van der Waals surface area contributed by atoms with Crippen LogP contribution in [0.4, 0.5) is 0 Å². The van der Waals surface area contributed by atoms with Crippen molar-refractivity contribution >= 4 is 0 Å². The Hall–Kier alpha value is -1.14. The maximum absolute atomic E-state index is 9.96. The van der Waals surface area contributed by atoms with Gasteiger partial charge in [0.1, 0.15) is 18.5 Å². The Labute approximate surface area is 121 Å². The fourth-order valence-corrected chi connectivity index (χ4v) is 1.87. The molecule has 0 aliphatic rings. The number of ether oxygens (including phenoxy) is 2. The van der Waals surface area contributed by atoms with Crippen molar-refractivity contribution in [3.8, 4) is 5.75 Å². The van der Waals surface area contributed by atoms with Gasteiger partial charge in [0.25, 0.3) is 0 Å². The lowest BCUT2D eigenvalue weighted by atomic mass is 10.2. The smallest absolute Gasteiger partial charge is 0.123 e. The molecule has 20 heavy (non-hydrogen) atoms. The summed E-state index contributed by atoms with van der Waals surface area (Å²) < 4.78 is 10.9. The Morgan fingerprint density at radius 2 is 2.10 bits per heavy atom. The third-order valence-electron chi connectivity index (χ3n) is 2.97. The van der Waals surface area contributed by atoms with Crippen LogP contribution in [0.1, 0.15) is 12.5 Å². The zero-order valence-electron chi connectivity index (χ0n) is 12.4. The highest BCUT2D eigenvalue weighted by Gasteiger charge is 2.10. The number of nitrogens with two attached hydrogens (primary N) is 1. The Morgan fingerprint density at radius 1 is 1.35 bits per heavy atom. The number of hydrogen-bond donors (Lipinski definition) is 2. The van der Waals surface area contributed by atoms with Gasteiger partial charge >= 0.3 is 0 Å². The third-order valence-corrected chi connectivity index (χ3v) is 2.97. The van der Waals surface area contributed by atoms with Gasteiger partial charge in [-0.05, 0) is 20.0 Å². The molecule has 0 aromatic heterocycles. The second kappa shape index (κ2) is 9.72. The van der Waals surface area contributed by atoms with Crippen molar-refractivity contribution in [3.63, 3.8) is 0 Å². The molecular weight excluding hydrogens is 256 g/mol. The van der Waals surface area contributed by atoms with Gasteiger partial charge in [0.15, 0.2) is 0 Å². The molecule has 1 rings (SSSR count). The highest BCUT2D eigenvalue weighted by atomic mass is 16.5. The zero-order valence-corrected chi connectivity index (χ0v) is 12.4. The van der Waals surface area contributed by atoms with E-state index >= 15 is 0 Å². The van der Waals surface area contributed by atoms with E-state index in [1.165, 1.54) is 0 Å². The van der Waals surface area contributed by atoms with E-state index in [0.717, 1.165) is 24.5 Å². The average molecular weight is 282 g/mol. The molecule has 5 nitrogen and oxygen atoms in total. The van der Waals surface area contributed by atoms with E-state index in [2.05, 4.69) is 0 Å². The summed E-state index contributed by atoms with van der Waals surface area (Å²) in [5.74, 6) is 0.742. The molecule has 1 aromatic rings. The van der Waals surface area contributed by atoms with E-state index in [-0.39, 0.29) is 6.61 Å². The standard InChI is InChI=1S/C15H26N2O3/c1-3-19-9-8-17(2)11-14(18)12-20-15-7-5-4-6-13(15)10-16/h4-7,14,18H,3,8-12,16H2,1-2H3. The lowest BCUT2D eigenvalue weighted by molar-refractivity contribution is 0.0611. The first-order valence-corrected chi connectivity index (χ1v) is 7.02. The molecule has 0 fully saturated rings. The minimum atomic E-state index is -0.535.